The van der Waals surface area contributed by atoms with Crippen molar-refractivity contribution in [2.45, 2.75) is 44.4 Å². The number of benzene rings is 6. The number of hydrogen-bond acceptors (Lipinski definition) is 1. The summed E-state index contributed by atoms with van der Waals surface area (Å²) < 4.78 is 0. The number of hydrogen-bond donors (Lipinski definition) is 0. The van der Waals surface area contributed by atoms with Gasteiger partial charge in [0.15, 0.2) is 0 Å². The van der Waals surface area contributed by atoms with Gasteiger partial charge in [-0.15, -0.1) is 0 Å². The Bertz CT molecular complexity index is 2230. The van der Waals surface area contributed by atoms with Crippen LogP contribution in [0.15, 0.2) is 158 Å². The molecule has 0 radical (unpaired) electrons. The Morgan fingerprint density at radius 2 is 0.918 bits per heavy atom. The largest absolute Gasteiger partial charge is 0.248 e. The lowest BCUT2D eigenvalue weighted by Gasteiger charge is -2.36. The maximum Gasteiger partial charge on any atom is 0.0715 e. The zero-order valence-electron chi connectivity index (χ0n) is 28.0. The van der Waals surface area contributed by atoms with Gasteiger partial charge in [-0.05, 0) is 99.2 Å². The monoisotopic (exact) mass is 629 g/mol. The van der Waals surface area contributed by atoms with Crippen LogP contribution in [0.25, 0.3) is 67.0 Å². The number of rotatable bonds is 5. The SMILES string of the molecule is Cc1c(-c2ccc(-c3ccc4c(c3)-c3ccccc3C43CCCCC3)cc2)cccc1-c1cc(-c2ccccc2)nc(-c2ccccc2)c1. The van der Waals surface area contributed by atoms with E-state index in [2.05, 4.69) is 165 Å². The molecular weight excluding hydrogens is 591 g/mol. The second kappa shape index (κ2) is 12.2. The number of nitrogens with zero attached hydrogens (tertiary/aromatic N) is 1. The van der Waals surface area contributed by atoms with Crippen LogP contribution in [0.3, 0.4) is 0 Å². The van der Waals surface area contributed by atoms with Crippen molar-refractivity contribution in [1.29, 1.82) is 0 Å². The highest BCUT2D eigenvalue weighted by Gasteiger charge is 2.43. The molecule has 49 heavy (non-hydrogen) atoms. The zero-order valence-corrected chi connectivity index (χ0v) is 28.0. The van der Waals surface area contributed by atoms with Crippen LogP contribution in [0.5, 0.6) is 0 Å². The average molecular weight is 630 g/mol. The van der Waals surface area contributed by atoms with E-state index in [9.17, 15) is 0 Å². The van der Waals surface area contributed by atoms with Gasteiger partial charge in [0, 0.05) is 16.5 Å². The molecule has 7 aromatic rings. The van der Waals surface area contributed by atoms with E-state index in [4.69, 9.17) is 4.98 Å². The molecule has 0 bridgehead atoms. The lowest BCUT2D eigenvalue weighted by molar-refractivity contribution is 0.353. The van der Waals surface area contributed by atoms with Gasteiger partial charge in [-0.1, -0.05) is 159 Å². The predicted molar refractivity (Wildman–Crippen MR) is 205 cm³/mol. The molecule has 1 nitrogen and oxygen atoms in total. The molecule has 1 saturated carbocycles. The van der Waals surface area contributed by atoms with E-state index < -0.39 is 0 Å². The summed E-state index contributed by atoms with van der Waals surface area (Å²) in [5, 5.41) is 0. The maximum absolute atomic E-state index is 5.11. The van der Waals surface area contributed by atoms with Crippen molar-refractivity contribution in [2.75, 3.05) is 0 Å². The number of fused-ring (bicyclic) bond motifs is 5. The highest BCUT2D eigenvalue weighted by molar-refractivity contribution is 5.86. The average Bonchev–Trinajstić information content (AvgIpc) is 3.44. The molecule has 0 unspecified atom stereocenters. The lowest BCUT2D eigenvalue weighted by Crippen LogP contribution is -2.27. The summed E-state index contributed by atoms with van der Waals surface area (Å²) in [5.41, 5.74) is 19.1. The first-order valence-corrected chi connectivity index (χ1v) is 17.8. The molecule has 0 N–H and O–H groups in total. The molecule has 1 aromatic heterocycles. The summed E-state index contributed by atoms with van der Waals surface area (Å²) in [7, 11) is 0. The van der Waals surface area contributed by atoms with Crippen molar-refractivity contribution < 1.29 is 0 Å². The van der Waals surface area contributed by atoms with Gasteiger partial charge in [-0.25, -0.2) is 4.98 Å². The standard InChI is InChI=1S/C48H39N/c1-33-40(19-13-20-41(33)39-31-46(36-14-5-2-6-15-36)49-47(32-39)37-16-7-3-8-17-37)35-24-22-34(23-25-35)38-26-27-45-43(30-38)42-18-9-10-21-44(42)48(45)28-11-4-12-29-48/h2-3,5-10,13-27,30-32H,4,11-12,28-29H2,1H3. The highest BCUT2D eigenvalue weighted by Crippen LogP contribution is 2.56. The Morgan fingerprint density at radius 1 is 0.388 bits per heavy atom. The topological polar surface area (TPSA) is 12.9 Å². The Morgan fingerprint density at radius 3 is 1.59 bits per heavy atom. The smallest absolute Gasteiger partial charge is 0.0715 e. The normalized spacial score (nSPS) is 14.4. The minimum Gasteiger partial charge on any atom is -0.248 e. The van der Waals surface area contributed by atoms with E-state index in [1.165, 1.54) is 82.2 Å². The van der Waals surface area contributed by atoms with Gasteiger partial charge in [0.2, 0.25) is 0 Å². The van der Waals surface area contributed by atoms with Crippen LogP contribution in [-0.4, -0.2) is 4.98 Å². The van der Waals surface area contributed by atoms with Crippen molar-refractivity contribution in [3.63, 3.8) is 0 Å². The molecule has 1 heteroatoms. The molecule has 0 atom stereocenters. The first-order valence-electron chi connectivity index (χ1n) is 17.8. The van der Waals surface area contributed by atoms with Crippen molar-refractivity contribution in [3.05, 3.63) is 174 Å². The minimum atomic E-state index is 0.202. The van der Waals surface area contributed by atoms with Crippen LogP contribution in [0.4, 0.5) is 0 Å². The summed E-state index contributed by atoms with van der Waals surface area (Å²) in [6, 6.07) is 57.8. The van der Waals surface area contributed by atoms with Crippen LogP contribution in [0, 0.1) is 6.92 Å². The Labute approximate surface area is 290 Å². The first kappa shape index (κ1) is 29.6. The summed E-state index contributed by atoms with van der Waals surface area (Å²) in [6.45, 7) is 2.25. The van der Waals surface area contributed by atoms with Crippen molar-refractivity contribution in [1.82, 2.24) is 4.98 Å². The van der Waals surface area contributed by atoms with Crippen LogP contribution >= 0.6 is 0 Å². The molecule has 2 aliphatic carbocycles. The zero-order chi connectivity index (χ0) is 32.8. The van der Waals surface area contributed by atoms with Crippen molar-refractivity contribution in [3.8, 4) is 67.0 Å². The molecule has 2 aliphatic rings. The molecule has 9 rings (SSSR count). The third-order valence-electron chi connectivity index (χ3n) is 11.1. The van der Waals surface area contributed by atoms with E-state index in [-0.39, 0.29) is 5.41 Å². The van der Waals surface area contributed by atoms with Crippen LogP contribution in [0.2, 0.25) is 0 Å². The van der Waals surface area contributed by atoms with Gasteiger partial charge in [-0.2, -0.15) is 0 Å². The fourth-order valence-electron chi connectivity index (χ4n) is 8.64. The highest BCUT2D eigenvalue weighted by atomic mass is 14.7. The first-order chi connectivity index (χ1) is 24.2. The minimum absolute atomic E-state index is 0.202. The van der Waals surface area contributed by atoms with Crippen molar-refractivity contribution in [2.24, 2.45) is 0 Å². The van der Waals surface area contributed by atoms with Gasteiger partial charge in [-0.3, -0.25) is 0 Å². The Hall–Kier alpha value is -5.53. The van der Waals surface area contributed by atoms with E-state index in [0.29, 0.717) is 0 Å². The van der Waals surface area contributed by atoms with Gasteiger partial charge < -0.3 is 0 Å². The number of pyridine rings is 1. The van der Waals surface area contributed by atoms with E-state index in [1.54, 1.807) is 11.1 Å². The summed E-state index contributed by atoms with van der Waals surface area (Å²) in [6.07, 6.45) is 6.54. The van der Waals surface area contributed by atoms with Gasteiger partial charge in [0.1, 0.15) is 0 Å². The number of aromatic nitrogens is 1. The third kappa shape index (κ3) is 5.13. The van der Waals surface area contributed by atoms with Crippen LogP contribution < -0.4 is 0 Å². The fourth-order valence-corrected chi connectivity index (χ4v) is 8.64. The third-order valence-corrected chi connectivity index (χ3v) is 11.1. The second-order valence-corrected chi connectivity index (χ2v) is 13.9. The molecule has 1 heterocycles. The van der Waals surface area contributed by atoms with E-state index in [1.807, 2.05) is 0 Å². The summed E-state index contributed by atoms with van der Waals surface area (Å²) >= 11 is 0. The van der Waals surface area contributed by atoms with Gasteiger partial charge in [0.05, 0.1) is 11.4 Å². The molecule has 0 aliphatic heterocycles. The van der Waals surface area contributed by atoms with Crippen molar-refractivity contribution >= 4 is 0 Å². The summed E-state index contributed by atoms with van der Waals surface area (Å²) in [4.78, 5) is 5.11. The molecule has 1 fully saturated rings. The molecule has 0 amide bonds. The second-order valence-electron chi connectivity index (χ2n) is 13.9. The molecule has 1 spiro atoms. The Balaban J connectivity index is 1.08. The van der Waals surface area contributed by atoms with Gasteiger partial charge in [0.25, 0.3) is 0 Å². The maximum atomic E-state index is 5.11. The van der Waals surface area contributed by atoms with E-state index >= 15 is 0 Å². The van der Waals surface area contributed by atoms with E-state index in [0.717, 1.165) is 22.5 Å². The van der Waals surface area contributed by atoms with Crippen LogP contribution in [-0.2, 0) is 5.41 Å². The lowest BCUT2D eigenvalue weighted by atomic mass is 9.68. The van der Waals surface area contributed by atoms with Crippen LogP contribution in [0.1, 0.15) is 48.8 Å². The summed E-state index contributed by atoms with van der Waals surface area (Å²) in [5.74, 6) is 0. The molecule has 236 valence electrons. The predicted octanol–water partition coefficient (Wildman–Crippen LogP) is 13.0. The fraction of sp³-hybridized carbons (Fsp3) is 0.146. The quantitative estimate of drug-likeness (QED) is 0.185. The molecular formula is C48H39N. The molecule has 6 aromatic carbocycles. The van der Waals surface area contributed by atoms with Gasteiger partial charge >= 0.3 is 0 Å². The molecule has 0 saturated heterocycles. The Kier molecular flexibility index (Phi) is 7.35.